The van der Waals surface area contributed by atoms with Crippen LogP contribution in [-0.4, -0.2) is 10.9 Å². The highest BCUT2D eigenvalue weighted by Gasteiger charge is 2.30. The van der Waals surface area contributed by atoms with Crippen LogP contribution in [0, 0.1) is 6.92 Å². The molecule has 1 amide bonds. The van der Waals surface area contributed by atoms with Gasteiger partial charge in [0.1, 0.15) is 0 Å². The van der Waals surface area contributed by atoms with Crippen LogP contribution < -0.4 is 5.32 Å². The molecule has 3 nitrogen and oxygen atoms in total. The molecule has 0 radical (unpaired) electrons. The third kappa shape index (κ3) is 4.73. The SMILES string of the molecule is Cc1ccnc(-c2ccc(C(=O)NCc3cccc(C(F)(F)F)c3)cc2)c1. The fraction of sp³-hybridized carbons (Fsp3) is 0.143. The number of nitrogens with zero attached hydrogens (tertiary/aromatic N) is 1. The van der Waals surface area contributed by atoms with E-state index in [0.717, 1.165) is 29.0 Å². The quantitative estimate of drug-likeness (QED) is 0.702. The van der Waals surface area contributed by atoms with Gasteiger partial charge in [0.05, 0.1) is 11.3 Å². The lowest BCUT2D eigenvalue weighted by atomic mass is 10.1. The first-order chi connectivity index (χ1) is 12.8. The number of nitrogens with one attached hydrogen (secondary N) is 1. The van der Waals surface area contributed by atoms with E-state index in [9.17, 15) is 18.0 Å². The Hall–Kier alpha value is -3.15. The van der Waals surface area contributed by atoms with Gasteiger partial charge < -0.3 is 5.32 Å². The molecule has 3 aromatic rings. The molecule has 2 aromatic carbocycles. The summed E-state index contributed by atoms with van der Waals surface area (Å²) in [6, 6.07) is 15.7. The molecule has 6 heteroatoms. The molecule has 0 saturated carbocycles. The Morgan fingerprint density at radius 3 is 2.44 bits per heavy atom. The smallest absolute Gasteiger partial charge is 0.348 e. The van der Waals surface area contributed by atoms with Crippen LogP contribution in [-0.2, 0) is 12.7 Å². The van der Waals surface area contributed by atoms with Crippen LogP contribution in [0.1, 0.15) is 27.0 Å². The van der Waals surface area contributed by atoms with Crippen molar-refractivity contribution in [2.24, 2.45) is 0 Å². The second-order valence-corrected chi connectivity index (χ2v) is 6.18. The second-order valence-electron chi connectivity index (χ2n) is 6.18. The molecule has 27 heavy (non-hydrogen) atoms. The van der Waals surface area contributed by atoms with Crippen LogP contribution in [0.15, 0.2) is 66.9 Å². The van der Waals surface area contributed by atoms with Crippen molar-refractivity contribution in [3.05, 3.63) is 89.1 Å². The molecule has 3 rings (SSSR count). The number of rotatable bonds is 4. The lowest BCUT2D eigenvalue weighted by Crippen LogP contribution is -2.23. The zero-order chi connectivity index (χ0) is 19.4. The first kappa shape index (κ1) is 18.6. The van der Waals surface area contributed by atoms with Crippen molar-refractivity contribution in [3.63, 3.8) is 0 Å². The predicted molar refractivity (Wildman–Crippen MR) is 97.0 cm³/mol. The number of carbonyl (C=O) groups is 1. The highest BCUT2D eigenvalue weighted by atomic mass is 19.4. The number of pyridine rings is 1. The van der Waals surface area contributed by atoms with Gasteiger partial charge in [-0.2, -0.15) is 13.2 Å². The maximum Gasteiger partial charge on any atom is 0.416 e. The van der Waals surface area contributed by atoms with Gasteiger partial charge in [0, 0.05) is 23.9 Å². The molecule has 0 saturated heterocycles. The largest absolute Gasteiger partial charge is 0.416 e. The van der Waals surface area contributed by atoms with E-state index in [1.807, 2.05) is 19.1 Å². The summed E-state index contributed by atoms with van der Waals surface area (Å²) in [5.41, 5.74) is 2.86. The third-order valence-electron chi connectivity index (χ3n) is 4.07. The van der Waals surface area contributed by atoms with Crippen LogP contribution in [0.4, 0.5) is 13.2 Å². The summed E-state index contributed by atoms with van der Waals surface area (Å²) in [6.07, 6.45) is -2.68. The number of hydrogen-bond donors (Lipinski definition) is 1. The third-order valence-corrected chi connectivity index (χ3v) is 4.07. The van der Waals surface area contributed by atoms with Gasteiger partial charge >= 0.3 is 6.18 Å². The van der Waals surface area contributed by atoms with Crippen LogP contribution in [0.2, 0.25) is 0 Å². The van der Waals surface area contributed by atoms with E-state index in [4.69, 9.17) is 0 Å². The first-order valence-corrected chi connectivity index (χ1v) is 8.30. The lowest BCUT2D eigenvalue weighted by molar-refractivity contribution is -0.137. The Morgan fingerprint density at radius 2 is 1.78 bits per heavy atom. The molecular weight excluding hydrogens is 353 g/mol. The Kier molecular flexibility index (Phi) is 5.26. The number of amides is 1. The number of benzene rings is 2. The molecule has 138 valence electrons. The van der Waals surface area contributed by atoms with Gasteiger partial charge in [-0.3, -0.25) is 9.78 Å². The first-order valence-electron chi connectivity index (χ1n) is 8.30. The van der Waals surface area contributed by atoms with Crippen molar-refractivity contribution in [1.82, 2.24) is 10.3 Å². The number of hydrogen-bond acceptors (Lipinski definition) is 2. The summed E-state index contributed by atoms with van der Waals surface area (Å²) >= 11 is 0. The van der Waals surface area contributed by atoms with E-state index in [1.165, 1.54) is 6.07 Å². The molecule has 1 aromatic heterocycles. The predicted octanol–water partition coefficient (Wildman–Crippen LogP) is 5.01. The molecule has 0 atom stereocenters. The Bertz CT molecular complexity index is 950. The van der Waals surface area contributed by atoms with Crippen molar-refractivity contribution >= 4 is 5.91 Å². The van der Waals surface area contributed by atoms with E-state index in [-0.39, 0.29) is 12.5 Å². The van der Waals surface area contributed by atoms with E-state index in [0.29, 0.717) is 11.1 Å². The van der Waals surface area contributed by atoms with Crippen LogP contribution in [0.3, 0.4) is 0 Å². The molecule has 0 aliphatic heterocycles. The van der Waals surface area contributed by atoms with Crippen molar-refractivity contribution in [2.45, 2.75) is 19.6 Å². The molecule has 1 N–H and O–H groups in total. The topological polar surface area (TPSA) is 42.0 Å². The van der Waals surface area contributed by atoms with Gasteiger partial charge in [0.25, 0.3) is 5.91 Å². The van der Waals surface area contributed by atoms with E-state index < -0.39 is 11.7 Å². The van der Waals surface area contributed by atoms with E-state index in [2.05, 4.69) is 10.3 Å². The van der Waals surface area contributed by atoms with Crippen molar-refractivity contribution in [1.29, 1.82) is 0 Å². The molecule has 1 heterocycles. The molecular formula is C21H17F3N2O. The molecule has 0 fully saturated rings. The van der Waals surface area contributed by atoms with Crippen LogP contribution in [0.5, 0.6) is 0 Å². The highest BCUT2D eigenvalue weighted by Crippen LogP contribution is 2.29. The molecule has 0 bridgehead atoms. The van der Waals surface area contributed by atoms with Crippen molar-refractivity contribution in [3.8, 4) is 11.3 Å². The zero-order valence-corrected chi connectivity index (χ0v) is 14.5. The summed E-state index contributed by atoms with van der Waals surface area (Å²) < 4.78 is 38.2. The number of alkyl halides is 3. The highest BCUT2D eigenvalue weighted by molar-refractivity contribution is 5.94. The lowest BCUT2D eigenvalue weighted by Gasteiger charge is -2.10. The van der Waals surface area contributed by atoms with Gasteiger partial charge in [-0.05, 0) is 54.4 Å². The number of aromatic nitrogens is 1. The normalized spacial score (nSPS) is 11.3. The summed E-state index contributed by atoms with van der Waals surface area (Å²) in [6.45, 7) is 1.99. The summed E-state index contributed by atoms with van der Waals surface area (Å²) in [4.78, 5) is 16.5. The molecule has 0 aliphatic carbocycles. The number of carbonyl (C=O) groups excluding carboxylic acids is 1. The van der Waals surface area contributed by atoms with Crippen LogP contribution >= 0.6 is 0 Å². The fourth-order valence-electron chi connectivity index (χ4n) is 2.63. The standard InChI is InChI=1S/C21H17F3N2O/c1-14-9-10-25-19(11-14)16-5-7-17(8-6-16)20(27)26-13-15-3-2-4-18(12-15)21(22,23)24/h2-12H,13H2,1H3,(H,26,27). The van der Waals surface area contributed by atoms with E-state index >= 15 is 0 Å². The van der Waals surface area contributed by atoms with Gasteiger partial charge in [-0.15, -0.1) is 0 Å². The molecule has 0 spiro atoms. The van der Waals surface area contributed by atoms with Gasteiger partial charge in [0.2, 0.25) is 0 Å². The zero-order valence-electron chi connectivity index (χ0n) is 14.5. The Balaban J connectivity index is 1.67. The van der Waals surface area contributed by atoms with Crippen molar-refractivity contribution < 1.29 is 18.0 Å². The van der Waals surface area contributed by atoms with E-state index in [1.54, 1.807) is 36.5 Å². The maximum atomic E-state index is 12.7. The molecule has 0 aliphatic rings. The van der Waals surface area contributed by atoms with Crippen LogP contribution in [0.25, 0.3) is 11.3 Å². The number of halogens is 3. The second kappa shape index (κ2) is 7.61. The fourth-order valence-corrected chi connectivity index (χ4v) is 2.63. The maximum absolute atomic E-state index is 12.7. The summed E-state index contributed by atoms with van der Waals surface area (Å²) in [5.74, 6) is -0.351. The minimum Gasteiger partial charge on any atom is -0.348 e. The van der Waals surface area contributed by atoms with Crippen molar-refractivity contribution in [2.75, 3.05) is 0 Å². The Morgan fingerprint density at radius 1 is 1.04 bits per heavy atom. The molecule has 0 unspecified atom stereocenters. The average molecular weight is 370 g/mol. The minimum absolute atomic E-state index is 0.0178. The monoisotopic (exact) mass is 370 g/mol. The van der Waals surface area contributed by atoms with Gasteiger partial charge in [-0.25, -0.2) is 0 Å². The summed E-state index contributed by atoms with van der Waals surface area (Å²) in [7, 11) is 0. The average Bonchev–Trinajstić information content (AvgIpc) is 2.66. The van der Waals surface area contributed by atoms with Gasteiger partial charge in [-0.1, -0.05) is 24.3 Å². The summed E-state index contributed by atoms with van der Waals surface area (Å²) in [5, 5.41) is 2.64. The number of aryl methyl sites for hydroxylation is 1. The Labute approximate surface area is 154 Å². The van der Waals surface area contributed by atoms with Gasteiger partial charge in [0.15, 0.2) is 0 Å². The minimum atomic E-state index is -4.40.